The van der Waals surface area contributed by atoms with Crippen molar-refractivity contribution in [2.45, 2.75) is 6.92 Å². The quantitative estimate of drug-likeness (QED) is 0.513. The van der Waals surface area contributed by atoms with Crippen LogP contribution >= 0.6 is 0 Å². The molecule has 1 rings (SSSR count). The molecular formula is C9H11B2NO3. The predicted molar refractivity (Wildman–Crippen MR) is 63.0 cm³/mol. The number of nitrogens with two attached hydrogens (primary N) is 1. The van der Waals surface area contributed by atoms with Crippen molar-refractivity contribution in [3.63, 3.8) is 0 Å². The minimum Gasteiger partial charge on any atom is -0.478 e. The van der Waals surface area contributed by atoms with Gasteiger partial charge < -0.3 is 10.8 Å². The van der Waals surface area contributed by atoms with Crippen molar-refractivity contribution in [2.24, 2.45) is 5.73 Å². The summed E-state index contributed by atoms with van der Waals surface area (Å²) in [5.74, 6) is -1.83. The van der Waals surface area contributed by atoms with Gasteiger partial charge in [-0.05, 0) is 6.92 Å². The second-order valence-electron chi connectivity index (χ2n) is 3.54. The van der Waals surface area contributed by atoms with Crippen molar-refractivity contribution in [3.8, 4) is 0 Å². The first-order valence-electron chi connectivity index (χ1n) is 4.50. The molecule has 1 aromatic carbocycles. The van der Waals surface area contributed by atoms with Gasteiger partial charge in [-0.25, -0.2) is 4.79 Å². The average molecular weight is 203 g/mol. The second-order valence-corrected chi connectivity index (χ2v) is 3.54. The van der Waals surface area contributed by atoms with Gasteiger partial charge in [0.2, 0.25) is 5.91 Å². The topological polar surface area (TPSA) is 80.4 Å². The third kappa shape index (κ3) is 1.88. The minimum absolute atomic E-state index is 0.0249. The van der Waals surface area contributed by atoms with E-state index in [2.05, 4.69) is 0 Å². The highest BCUT2D eigenvalue weighted by molar-refractivity contribution is 6.43. The highest BCUT2D eigenvalue weighted by Gasteiger charge is 2.18. The van der Waals surface area contributed by atoms with E-state index in [0.717, 1.165) is 11.0 Å². The maximum atomic E-state index is 11.2. The Bertz CT molecular complexity index is 457. The zero-order chi connectivity index (χ0) is 11.7. The van der Waals surface area contributed by atoms with Gasteiger partial charge in [-0.2, -0.15) is 0 Å². The zero-order valence-corrected chi connectivity index (χ0v) is 8.92. The summed E-state index contributed by atoms with van der Waals surface area (Å²) >= 11 is 0. The molecule has 0 heterocycles. The SMILES string of the molecule is Bc1cc(C(=O)O)c(C(N)=O)c(B)c1C. The number of rotatable bonds is 2. The molecule has 1 amide bonds. The summed E-state index contributed by atoms with van der Waals surface area (Å²) in [4.78, 5) is 22.1. The molecule has 76 valence electrons. The smallest absolute Gasteiger partial charge is 0.336 e. The molecule has 0 unspecified atom stereocenters. The van der Waals surface area contributed by atoms with Crippen molar-refractivity contribution >= 4 is 38.5 Å². The maximum Gasteiger partial charge on any atom is 0.336 e. The molecule has 3 N–H and O–H groups in total. The molecule has 6 heteroatoms. The lowest BCUT2D eigenvalue weighted by Gasteiger charge is -2.12. The lowest BCUT2D eigenvalue weighted by atomic mass is 9.76. The van der Waals surface area contributed by atoms with Crippen molar-refractivity contribution in [1.82, 2.24) is 0 Å². The second kappa shape index (κ2) is 3.81. The number of carboxylic acid groups (broad SMARTS) is 1. The number of hydrogen-bond donors (Lipinski definition) is 2. The van der Waals surface area contributed by atoms with Gasteiger partial charge in [-0.1, -0.05) is 22.6 Å². The van der Waals surface area contributed by atoms with Gasteiger partial charge in [0, 0.05) is 5.56 Å². The van der Waals surface area contributed by atoms with E-state index in [1.54, 1.807) is 15.7 Å². The van der Waals surface area contributed by atoms with E-state index in [4.69, 9.17) is 10.8 Å². The fourth-order valence-electron chi connectivity index (χ4n) is 1.57. The van der Waals surface area contributed by atoms with Crippen LogP contribution in [0.1, 0.15) is 26.3 Å². The molecular weight excluding hydrogens is 192 g/mol. The first-order chi connectivity index (χ1) is 6.86. The van der Waals surface area contributed by atoms with Gasteiger partial charge in [0.05, 0.1) is 5.56 Å². The molecule has 4 nitrogen and oxygen atoms in total. The minimum atomic E-state index is -1.13. The Kier molecular flexibility index (Phi) is 2.88. The van der Waals surface area contributed by atoms with Crippen LogP contribution in [-0.4, -0.2) is 32.7 Å². The first kappa shape index (κ1) is 11.4. The molecule has 0 aliphatic rings. The normalized spacial score (nSPS) is 9.93. The van der Waals surface area contributed by atoms with E-state index in [1.807, 2.05) is 6.92 Å². The summed E-state index contributed by atoms with van der Waals surface area (Å²) in [6, 6.07) is 1.48. The van der Waals surface area contributed by atoms with E-state index in [0.29, 0.717) is 5.46 Å². The predicted octanol–water partition coefficient (Wildman–Crippen LogP) is -2.69. The first-order valence-corrected chi connectivity index (χ1v) is 4.50. The van der Waals surface area contributed by atoms with Crippen LogP contribution in [0.3, 0.4) is 0 Å². The third-order valence-electron chi connectivity index (χ3n) is 2.64. The van der Waals surface area contributed by atoms with Crippen molar-refractivity contribution in [3.05, 3.63) is 22.8 Å². The van der Waals surface area contributed by atoms with Crippen LogP contribution in [-0.2, 0) is 0 Å². The molecule has 0 aromatic heterocycles. The van der Waals surface area contributed by atoms with E-state index in [1.165, 1.54) is 6.07 Å². The summed E-state index contributed by atoms with van der Waals surface area (Å²) in [5, 5.41) is 8.95. The molecule has 0 saturated heterocycles. The molecule has 0 aliphatic carbocycles. The summed E-state index contributed by atoms with van der Waals surface area (Å²) in [5.41, 5.74) is 7.63. The molecule has 0 aliphatic heterocycles. The zero-order valence-electron chi connectivity index (χ0n) is 8.92. The average Bonchev–Trinajstić information content (AvgIpc) is 2.12. The summed E-state index contributed by atoms with van der Waals surface area (Å²) in [7, 11) is 3.51. The Morgan fingerprint density at radius 3 is 2.33 bits per heavy atom. The molecule has 0 fully saturated rings. The lowest BCUT2D eigenvalue weighted by Crippen LogP contribution is -2.32. The van der Waals surface area contributed by atoms with E-state index < -0.39 is 11.9 Å². The Balaban J connectivity index is 3.65. The molecule has 0 atom stereocenters. The Labute approximate surface area is 89.3 Å². The number of amides is 1. The number of carbonyl (C=O) groups is 2. The van der Waals surface area contributed by atoms with Gasteiger partial charge in [0.1, 0.15) is 15.7 Å². The van der Waals surface area contributed by atoms with E-state index >= 15 is 0 Å². The van der Waals surface area contributed by atoms with Crippen LogP contribution in [0.5, 0.6) is 0 Å². The van der Waals surface area contributed by atoms with Crippen LogP contribution in [0, 0.1) is 6.92 Å². The molecule has 0 spiro atoms. The van der Waals surface area contributed by atoms with Gasteiger partial charge in [0.25, 0.3) is 0 Å². The number of carboxylic acids is 1. The number of hydrogen-bond acceptors (Lipinski definition) is 2. The molecule has 15 heavy (non-hydrogen) atoms. The summed E-state index contributed by atoms with van der Waals surface area (Å²) in [6.45, 7) is 1.84. The molecule has 0 radical (unpaired) electrons. The summed E-state index contributed by atoms with van der Waals surface area (Å²) < 4.78 is 0. The number of benzene rings is 1. The van der Waals surface area contributed by atoms with Gasteiger partial charge in [-0.3, -0.25) is 4.79 Å². The summed E-state index contributed by atoms with van der Waals surface area (Å²) in [6.07, 6.45) is 0. The Morgan fingerprint density at radius 2 is 1.93 bits per heavy atom. The van der Waals surface area contributed by atoms with Crippen LogP contribution in [0.25, 0.3) is 0 Å². The number of primary amides is 1. The molecule has 0 saturated carbocycles. The molecule has 1 aromatic rings. The van der Waals surface area contributed by atoms with E-state index in [-0.39, 0.29) is 11.1 Å². The number of aromatic carboxylic acids is 1. The van der Waals surface area contributed by atoms with Crippen molar-refractivity contribution in [2.75, 3.05) is 0 Å². The maximum absolute atomic E-state index is 11.2. The lowest BCUT2D eigenvalue weighted by molar-refractivity contribution is 0.0692. The Hall–Kier alpha value is -1.71. The van der Waals surface area contributed by atoms with Gasteiger partial charge in [0.15, 0.2) is 0 Å². The Morgan fingerprint density at radius 1 is 1.40 bits per heavy atom. The van der Waals surface area contributed by atoms with Crippen molar-refractivity contribution < 1.29 is 14.7 Å². The van der Waals surface area contributed by atoms with Crippen LogP contribution in [0.15, 0.2) is 6.07 Å². The van der Waals surface area contributed by atoms with Crippen molar-refractivity contribution in [1.29, 1.82) is 0 Å². The monoisotopic (exact) mass is 203 g/mol. The fraction of sp³-hybridized carbons (Fsp3) is 0.111. The standard InChI is InChI=1S/C9H11B2NO3/c1-3-5(10)2-4(9(14)15)6(7(3)11)8(12)13/h2H,10-11H2,1H3,(H2,12,13)(H,14,15). The van der Waals surface area contributed by atoms with Crippen LogP contribution in [0.4, 0.5) is 0 Å². The van der Waals surface area contributed by atoms with Crippen LogP contribution in [0.2, 0.25) is 0 Å². The highest BCUT2D eigenvalue weighted by atomic mass is 16.4. The molecule has 0 bridgehead atoms. The van der Waals surface area contributed by atoms with E-state index in [9.17, 15) is 9.59 Å². The van der Waals surface area contributed by atoms with Gasteiger partial charge in [-0.15, -0.1) is 0 Å². The third-order valence-corrected chi connectivity index (χ3v) is 2.64. The highest BCUT2D eigenvalue weighted by Crippen LogP contribution is 2.06. The fourth-order valence-corrected chi connectivity index (χ4v) is 1.57. The van der Waals surface area contributed by atoms with Crippen LogP contribution < -0.4 is 16.7 Å². The number of carbonyl (C=O) groups excluding carboxylic acids is 1. The largest absolute Gasteiger partial charge is 0.478 e. The van der Waals surface area contributed by atoms with Gasteiger partial charge >= 0.3 is 5.97 Å².